The van der Waals surface area contributed by atoms with E-state index in [0.29, 0.717) is 22.1 Å². The van der Waals surface area contributed by atoms with E-state index in [0.717, 1.165) is 10.9 Å². The quantitative estimate of drug-likeness (QED) is 0.779. The molecule has 3 aromatic rings. The molecule has 3 rings (SSSR count). The van der Waals surface area contributed by atoms with Crippen molar-refractivity contribution in [3.63, 3.8) is 0 Å². The Balaban J connectivity index is 1.95. The van der Waals surface area contributed by atoms with Crippen LogP contribution in [0.25, 0.3) is 10.9 Å². The number of fused-ring (bicyclic) bond motifs is 1. The SMILES string of the molecule is CN(C)c1ncccc1C(=O)Nc1ccc2[nH]ncc2c1Cl. The number of nitrogens with zero attached hydrogens (tertiary/aromatic N) is 3. The van der Waals surface area contributed by atoms with Gasteiger partial charge < -0.3 is 10.2 Å². The van der Waals surface area contributed by atoms with Crippen LogP contribution in [-0.2, 0) is 0 Å². The fourth-order valence-corrected chi connectivity index (χ4v) is 2.46. The Morgan fingerprint density at radius 2 is 2.14 bits per heavy atom. The Kier molecular flexibility index (Phi) is 3.68. The lowest BCUT2D eigenvalue weighted by atomic mass is 10.2. The Morgan fingerprint density at radius 1 is 1.32 bits per heavy atom. The van der Waals surface area contributed by atoms with Crippen molar-refractivity contribution in [2.24, 2.45) is 0 Å². The lowest BCUT2D eigenvalue weighted by Gasteiger charge is -2.15. The van der Waals surface area contributed by atoms with E-state index in [4.69, 9.17) is 11.6 Å². The first kappa shape index (κ1) is 14.3. The zero-order chi connectivity index (χ0) is 15.7. The molecule has 0 fully saturated rings. The van der Waals surface area contributed by atoms with Gasteiger partial charge in [0.05, 0.1) is 28.0 Å². The summed E-state index contributed by atoms with van der Waals surface area (Å²) in [5.74, 6) is 0.335. The standard InChI is InChI=1S/C15H14ClN5O/c1-21(2)14-9(4-3-7-17-14)15(22)19-12-6-5-11-10(13(12)16)8-18-20-11/h3-8H,1-2H3,(H,18,20)(H,19,22). The van der Waals surface area contributed by atoms with Crippen LogP contribution in [0.15, 0.2) is 36.7 Å². The number of aromatic amines is 1. The van der Waals surface area contributed by atoms with Crippen molar-refractivity contribution in [1.29, 1.82) is 0 Å². The number of nitrogens with one attached hydrogen (secondary N) is 2. The fraction of sp³-hybridized carbons (Fsp3) is 0.133. The molecule has 0 aliphatic carbocycles. The number of H-pyrrole nitrogens is 1. The van der Waals surface area contributed by atoms with Crippen LogP contribution in [0, 0.1) is 0 Å². The van der Waals surface area contributed by atoms with Gasteiger partial charge in [-0.2, -0.15) is 5.10 Å². The number of rotatable bonds is 3. The zero-order valence-corrected chi connectivity index (χ0v) is 12.8. The number of halogens is 1. The van der Waals surface area contributed by atoms with Gasteiger partial charge in [-0.25, -0.2) is 4.98 Å². The molecule has 2 aromatic heterocycles. The summed E-state index contributed by atoms with van der Waals surface area (Å²) in [6.45, 7) is 0. The highest BCUT2D eigenvalue weighted by Crippen LogP contribution is 2.30. The van der Waals surface area contributed by atoms with Gasteiger partial charge in [0.1, 0.15) is 5.82 Å². The minimum absolute atomic E-state index is 0.262. The van der Waals surface area contributed by atoms with Crippen molar-refractivity contribution < 1.29 is 4.79 Å². The summed E-state index contributed by atoms with van der Waals surface area (Å²) in [6, 6.07) is 7.01. The Bertz CT molecular complexity index is 843. The van der Waals surface area contributed by atoms with Crippen molar-refractivity contribution in [3.8, 4) is 0 Å². The fourth-order valence-electron chi connectivity index (χ4n) is 2.20. The van der Waals surface area contributed by atoms with Crippen molar-refractivity contribution in [2.75, 3.05) is 24.3 Å². The molecule has 0 spiro atoms. The molecule has 22 heavy (non-hydrogen) atoms. The summed E-state index contributed by atoms with van der Waals surface area (Å²) in [5.41, 5.74) is 1.84. The van der Waals surface area contributed by atoms with Crippen LogP contribution in [0.2, 0.25) is 5.02 Å². The summed E-state index contributed by atoms with van der Waals surface area (Å²) in [6.07, 6.45) is 3.28. The third-order valence-electron chi connectivity index (χ3n) is 3.26. The number of amides is 1. The van der Waals surface area contributed by atoms with E-state index in [2.05, 4.69) is 20.5 Å². The summed E-state index contributed by atoms with van der Waals surface area (Å²) < 4.78 is 0. The molecule has 7 heteroatoms. The van der Waals surface area contributed by atoms with E-state index in [1.54, 1.807) is 35.5 Å². The molecule has 112 valence electrons. The minimum atomic E-state index is -0.262. The summed E-state index contributed by atoms with van der Waals surface area (Å²) in [5, 5.41) is 10.8. The second-order valence-corrected chi connectivity index (χ2v) is 5.36. The van der Waals surface area contributed by atoms with Gasteiger partial charge in [-0.05, 0) is 24.3 Å². The van der Waals surface area contributed by atoms with Crippen molar-refractivity contribution >= 4 is 39.9 Å². The normalized spacial score (nSPS) is 10.7. The van der Waals surface area contributed by atoms with Gasteiger partial charge >= 0.3 is 0 Å². The van der Waals surface area contributed by atoms with Crippen molar-refractivity contribution in [2.45, 2.75) is 0 Å². The smallest absolute Gasteiger partial charge is 0.259 e. The molecule has 1 amide bonds. The second kappa shape index (κ2) is 5.65. The average Bonchev–Trinajstić information content (AvgIpc) is 2.99. The number of carbonyl (C=O) groups is 1. The first-order valence-corrected chi connectivity index (χ1v) is 7.01. The van der Waals surface area contributed by atoms with Gasteiger partial charge in [-0.3, -0.25) is 9.89 Å². The molecule has 0 radical (unpaired) electrons. The maximum Gasteiger partial charge on any atom is 0.259 e. The van der Waals surface area contributed by atoms with Gasteiger partial charge in [0.2, 0.25) is 0 Å². The lowest BCUT2D eigenvalue weighted by molar-refractivity contribution is 0.102. The van der Waals surface area contributed by atoms with Crippen molar-refractivity contribution in [1.82, 2.24) is 15.2 Å². The van der Waals surface area contributed by atoms with Crippen molar-refractivity contribution in [3.05, 3.63) is 47.2 Å². The summed E-state index contributed by atoms with van der Waals surface area (Å²) >= 11 is 6.32. The molecule has 0 aliphatic heterocycles. The molecule has 0 atom stereocenters. The monoisotopic (exact) mass is 315 g/mol. The number of aromatic nitrogens is 3. The van der Waals surface area contributed by atoms with Crippen LogP contribution in [0.4, 0.5) is 11.5 Å². The van der Waals surface area contributed by atoms with Gasteiger partial charge in [0.25, 0.3) is 5.91 Å². The molecular weight excluding hydrogens is 302 g/mol. The number of pyridine rings is 1. The van der Waals surface area contributed by atoms with E-state index in [-0.39, 0.29) is 5.91 Å². The van der Waals surface area contributed by atoms with E-state index in [9.17, 15) is 4.79 Å². The molecule has 0 aliphatic rings. The number of benzene rings is 1. The highest BCUT2D eigenvalue weighted by Gasteiger charge is 2.16. The zero-order valence-electron chi connectivity index (χ0n) is 12.1. The van der Waals surface area contributed by atoms with E-state index < -0.39 is 0 Å². The third kappa shape index (κ3) is 2.48. The van der Waals surface area contributed by atoms with Gasteiger partial charge in [0, 0.05) is 25.7 Å². The molecule has 2 heterocycles. The van der Waals surface area contributed by atoms with Crippen LogP contribution in [0.5, 0.6) is 0 Å². The number of anilines is 2. The lowest BCUT2D eigenvalue weighted by Crippen LogP contribution is -2.19. The number of hydrogen-bond acceptors (Lipinski definition) is 4. The second-order valence-electron chi connectivity index (χ2n) is 4.98. The number of carbonyl (C=O) groups excluding carboxylic acids is 1. The Hall–Kier alpha value is -2.60. The molecule has 0 bridgehead atoms. The van der Waals surface area contributed by atoms with Crippen LogP contribution in [0.3, 0.4) is 0 Å². The molecule has 0 saturated carbocycles. The molecular formula is C15H14ClN5O. The molecule has 2 N–H and O–H groups in total. The Morgan fingerprint density at radius 3 is 2.91 bits per heavy atom. The summed E-state index contributed by atoms with van der Waals surface area (Å²) in [7, 11) is 3.67. The van der Waals surface area contributed by atoms with Gasteiger partial charge in [0.15, 0.2) is 0 Å². The highest BCUT2D eigenvalue weighted by atomic mass is 35.5. The maximum atomic E-state index is 12.5. The molecule has 0 unspecified atom stereocenters. The molecule has 0 saturated heterocycles. The van der Waals surface area contributed by atoms with Crippen LogP contribution in [-0.4, -0.2) is 35.2 Å². The van der Waals surface area contributed by atoms with E-state index >= 15 is 0 Å². The predicted octanol–water partition coefficient (Wildman–Crippen LogP) is 2.93. The predicted molar refractivity (Wildman–Crippen MR) is 87.6 cm³/mol. The molecule has 6 nitrogen and oxygen atoms in total. The number of hydrogen-bond donors (Lipinski definition) is 2. The third-order valence-corrected chi connectivity index (χ3v) is 3.67. The summed E-state index contributed by atoms with van der Waals surface area (Å²) in [4.78, 5) is 18.5. The van der Waals surface area contributed by atoms with Gasteiger partial charge in [-0.15, -0.1) is 0 Å². The van der Waals surface area contributed by atoms with Crippen LogP contribution >= 0.6 is 11.6 Å². The van der Waals surface area contributed by atoms with Crippen LogP contribution < -0.4 is 10.2 Å². The topological polar surface area (TPSA) is 73.9 Å². The largest absolute Gasteiger partial charge is 0.362 e. The van der Waals surface area contributed by atoms with E-state index in [1.807, 2.05) is 20.2 Å². The first-order chi connectivity index (χ1) is 10.6. The highest BCUT2D eigenvalue weighted by molar-refractivity contribution is 6.38. The van der Waals surface area contributed by atoms with Crippen LogP contribution in [0.1, 0.15) is 10.4 Å². The van der Waals surface area contributed by atoms with E-state index in [1.165, 1.54) is 0 Å². The maximum absolute atomic E-state index is 12.5. The minimum Gasteiger partial charge on any atom is -0.362 e. The molecule has 1 aromatic carbocycles. The first-order valence-electron chi connectivity index (χ1n) is 6.63. The Labute approximate surface area is 132 Å². The van der Waals surface area contributed by atoms with Gasteiger partial charge in [-0.1, -0.05) is 11.6 Å². The average molecular weight is 316 g/mol.